The first-order valence-corrected chi connectivity index (χ1v) is 15.0. The SMILES string of the molecule is C=C(C)C=Nc1ccc(F)c(CCCNC[C@@]2(SC)CCN(/C(C)=C/N=CCCC(=C)NC)C(=O)C2)c1CC. The van der Waals surface area contributed by atoms with E-state index in [-0.39, 0.29) is 16.5 Å². The van der Waals surface area contributed by atoms with Gasteiger partial charge in [-0.3, -0.25) is 14.8 Å². The van der Waals surface area contributed by atoms with Crippen LogP contribution in [0.5, 0.6) is 0 Å². The average molecular weight is 556 g/mol. The van der Waals surface area contributed by atoms with E-state index in [1.54, 1.807) is 30.2 Å². The summed E-state index contributed by atoms with van der Waals surface area (Å²) in [5.74, 6) is -0.0393. The molecular formula is C31H46FN5OS. The minimum absolute atomic E-state index is 0.131. The molecule has 8 heteroatoms. The molecule has 1 fully saturated rings. The molecule has 214 valence electrons. The van der Waals surface area contributed by atoms with E-state index in [0.717, 1.165) is 79.0 Å². The lowest BCUT2D eigenvalue weighted by atomic mass is 9.94. The van der Waals surface area contributed by atoms with E-state index in [1.807, 2.05) is 38.9 Å². The molecule has 1 saturated heterocycles. The fourth-order valence-corrected chi connectivity index (χ4v) is 5.47. The number of nitrogens with zero attached hydrogens (tertiary/aromatic N) is 3. The molecule has 0 unspecified atom stereocenters. The number of thioether (sulfide) groups is 1. The van der Waals surface area contributed by atoms with Gasteiger partial charge in [-0.05, 0) is 94.0 Å². The van der Waals surface area contributed by atoms with Gasteiger partial charge in [0.05, 0.1) is 5.69 Å². The van der Waals surface area contributed by atoms with Crippen molar-refractivity contribution >= 4 is 35.8 Å². The molecule has 0 bridgehead atoms. The molecule has 0 aliphatic carbocycles. The predicted octanol–water partition coefficient (Wildman–Crippen LogP) is 6.36. The number of likely N-dealkylation sites (tertiary alicyclic amines) is 1. The zero-order valence-corrected chi connectivity index (χ0v) is 25.2. The Morgan fingerprint density at radius 3 is 2.69 bits per heavy atom. The highest BCUT2D eigenvalue weighted by atomic mass is 32.2. The number of amides is 1. The molecule has 0 aromatic heterocycles. The number of hydrogen-bond acceptors (Lipinski definition) is 6. The number of carbonyl (C=O) groups is 1. The largest absolute Gasteiger partial charge is 0.392 e. The van der Waals surface area contributed by atoms with Crippen molar-refractivity contribution in [2.75, 3.05) is 32.9 Å². The standard InChI is InChI=1S/C31H46FN5OS/c1-8-26-27(28(32)13-14-29(26)36-20-23(2)3)12-10-17-35-22-31(39-7)15-18-37(30(38)19-31)25(5)21-34-16-9-11-24(4)33-6/h13-14,16,20-21,33,35H,2,4,8-12,15,17-19,22H2,1,3,5-7H3/b25-21+,34-16?,36-20?/t31-/m1/s1. The Hall–Kier alpha value is -2.71. The van der Waals surface area contributed by atoms with Crippen LogP contribution in [0.3, 0.4) is 0 Å². The second-order valence-electron chi connectivity index (χ2n) is 10.1. The molecule has 1 amide bonds. The van der Waals surface area contributed by atoms with Crippen LogP contribution < -0.4 is 10.6 Å². The molecule has 6 nitrogen and oxygen atoms in total. The van der Waals surface area contributed by atoms with Gasteiger partial charge in [0.25, 0.3) is 0 Å². The maximum atomic E-state index is 14.7. The Kier molecular flexibility index (Phi) is 13.7. The number of allylic oxidation sites excluding steroid dienone is 3. The quantitative estimate of drug-likeness (QED) is 0.184. The van der Waals surface area contributed by atoms with Gasteiger partial charge in [0.1, 0.15) is 5.82 Å². The number of carbonyl (C=O) groups excluding carboxylic acids is 1. The third-order valence-corrected chi connectivity index (χ3v) is 8.43. The summed E-state index contributed by atoms with van der Waals surface area (Å²) >= 11 is 1.76. The molecule has 1 aromatic carbocycles. The molecule has 0 saturated carbocycles. The van der Waals surface area contributed by atoms with Crippen molar-refractivity contribution < 1.29 is 9.18 Å². The van der Waals surface area contributed by atoms with E-state index in [2.05, 4.69) is 40.0 Å². The van der Waals surface area contributed by atoms with E-state index in [4.69, 9.17) is 0 Å². The lowest BCUT2D eigenvalue weighted by Crippen LogP contribution is -2.50. The fourth-order valence-electron chi connectivity index (χ4n) is 4.66. The van der Waals surface area contributed by atoms with E-state index in [1.165, 1.54) is 6.07 Å². The Balaban J connectivity index is 1.89. The molecular weight excluding hydrogens is 509 g/mol. The Labute approximate surface area is 239 Å². The normalized spacial score (nSPS) is 18.4. The number of piperidine rings is 1. The van der Waals surface area contributed by atoms with Gasteiger partial charge in [-0.1, -0.05) is 20.1 Å². The molecule has 0 spiro atoms. The summed E-state index contributed by atoms with van der Waals surface area (Å²) in [6.07, 6.45) is 12.6. The van der Waals surface area contributed by atoms with Crippen LogP contribution in [-0.2, 0) is 17.6 Å². The molecule has 1 aliphatic rings. The first-order chi connectivity index (χ1) is 18.7. The molecule has 2 N–H and O–H groups in total. The van der Waals surface area contributed by atoms with Crippen LogP contribution in [0.2, 0.25) is 0 Å². The predicted molar refractivity (Wildman–Crippen MR) is 167 cm³/mol. The topological polar surface area (TPSA) is 69.1 Å². The number of rotatable bonds is 16. The molecule has 1 aromatic rings. The first kappa shape index (κ1) is 32.5. The van der Waals surface area contributed by atoms with Crippen LogP contribution >= 0.6 is 11.8 Å². The lowest BCUT2D eigenvalue weighted by molar-refractivity contribution is -0.132. The van der Waals surface area contributed by atoms with Crippen LogP contribution in [0.4, 0.5) is 10.1 Å². The van der Waals surface area contributed by atoms with Crippen molar-refractivity contribution in [3.8, 4) is 0 Å². The van der Waals surface area contributed by atoms with Crippen molar-refractivity contribution in [2.45, 2.75) is 70.5 Å². The fraction of sp³-hybridized carbons (Fsp3) is 0.516. The second kappa shape index (κ2) is 16.4. The maximum absolute atomic E-state index is 14.7. The minimum Gasteiger partial charge on any atom is -0.392 e. The molecule has 1 aliphatic heterocycles. The highest BCUT2D eigenvalue weighted by Gasteiger charge is 2.38. The van der Waals surface area contributed by atoms with Crippen molar-refractivity contribution in [1.82, 2.24) is 15.5 Å². The smallest absolute Gasteiger partial charge is 0.228 e. The minimum atomic E-state index is -0.170. The Morgan fingerprint density at radius 2 is 2.05 bits per heavy atom. The number of benzene rings is 1. The van der Waals surface area contributed by atoms with Gasteiger partial charge in [-0.15, -0.1) is 0 Å². The summed E-state index contributed by atoms with van der Waals surface area (Å²) in [5.41, 5.74) is 5.23. The highest BCUT2D eigenvalue weighted by Crippen LogP contribution is 2.36. The van der Waals surface area contributed by atoms with E-state index in [9.17, 15) is 9.18 Å². The van der Waals surface area contributed by atoms with E-state index >= 15 is 0 Å². The third kappa shape index (κ3) is 10.1. The van der Waals surface area contributed by atoms with Crippen LogP contribution in [0, 0.1) is 5.82 Å². The number of nitrogens with one attached hydrogen (secondary N) is 2. The van der Waals surface area contributed by atoms with Gasteiger partial charge in [-0.2, -0.15) is 11.8 Å². The first-order valence-electron chi connectivity index (χ1n) is 13.8. The van der Waals surface area contributed by atoms with Gasteiger partial charge in [0.15, 0.2) is 0 Å². The van der Waals surface area contributed by atoms with E-state index < -0.39 is 0 Å². The highest BCUT2D eigenvalue weighted by molar-refractivity contribution is 8.00. The lowest BCUT2D eigenvalue weighted by Gasteiger charge is -2.40. The van der Waals surface area contributed by atoms with Crippen molar-refractivity contribution in [2.24, 2.45) is 9.98 Å². The van der Waals surface area contributed by atoms with Crippen molar-refractivity contribution in [3.63, 3.8) is 0 Å². The maximum Gasteiger partial charge on any atom is 0.228 e. The molecule has 0 radical (unpaired) electrons. The van der Waals surface area contributed by atoms with Crippen LogP contribution in [0.15, 0.2) is 58.4 Å². The molecule has 1 heterocycles. The molecule has 1 atom stereocenters. The Bertz CT molecular complexity index is 1100. The van der Waals surface area contributed by atoms with Crippen LogP contribution in [-0.4, -0.2) is 60.9 Å². The van der Waals surface area contributed by atoms with Gasteiger partial charge in [0.2, 0.25) is 5.91 Å². The Morgan fingerprint density at radius 1 is 1.28 bits per heavy atom. The number of aliphatic imine (C=N–C) groups is 2. The molecule has 39 heavy (non-hydrogen) atoms. The van der Waals surface area contributed by atoms with Crippen molar-refractivity contribution in [3.05, 3.63) is 65.4 Å². The van der Waals surface area contributed by atoms with Gasteiger partial charge >= 0.3 is 0 Å². The molecule has 2 rings (SSSR count). The summed E-state index contributed by atoms with van der Waals surface area (Å²) in [7, 11) is 1.86. The van der Waals surface area contributed by atoms with Crippen molar-refractivity contribution in [1.29, 1.82) is 0 Å². The number of hydrogen-bond donors (Lipinski definition) is 2. The van der Waals surface area contributed by atoms with Crippen LogP contribution in [0.1, 0.15) is 64.0 Å². The summed E-state index contributed by atoms with van der Waals surface area (Å²) < 4.78 is 14.5. The zero-order chi connectivity index (χ0) is 28.8. The monoisotopic (exact) mass is 555 g/mol. The summed E-state index contributed by atoms with van der Waals surface area (Å²) in [4.78, 5) is 23.8. The summed E-state index contributed by atoms with van der Waals surface area (Å²) in [6, 6.07) is 3.25. The van der Waals surface area contributed by atoms with Crippen LogP contribution in [0.25, 0.3) is 0 Å². The average Bonchev–Trinajstić information content (AvgIpc) is 2.92. The summed E-state index contributed by atoms with van der Waals surface area (Å²) in [5, 5.41) is 6.58. The third-order valence-electron chi connectivity index (χ3n) is 7.07. The van der Waals surface area contributed by atoms with Gasteiger partial charge in [-0.25, -0.2) is 4.39 Å². The van der Waals surface area contributed by atoms with E-state index in [0.29, 0.717) is 19.4 Å². The zero-order valence-electron chi connectivity index (χ0n) is 24.4. The number of halogens is 1. The van der Waals surface area contributed by atoms with Gasteiger partial charge < -0.3 is 15.5 Å². The summed E-state index contributed by atoms with van der Waals surface area (Å²) in [6.45, 7) is 15.8. The van der Waals surface area contributed by atoms with Gasteiger partial charge in [0, 0.05) is 61.3 Å². The second-order valence-corrected chi connectivity index (χ2v) is 11.4.